The van der Waals surface area contributed by atoms with Gasteiger partial charge in [-0.2, -0.15) is 11.8 Å². The summed E-state index contributed by atoms with van der Waals surface area (Å²) in [5.41, 5.74) is 5.46. The maximum Gasteiger partial charge on any atom is 0.232 e. The molecule has 0 aromatic rings. The molecule has 2 unspecified atom stereocenters. The Bertz CT molecular complexity index is 128. The number of amides is 1. The first kappa shape index (κ1) is 10.8. The average molecular weight is 176 g/mol. The third-order valence-electron chi connectivity index (χ3n) is 1.32. The molecular weight excluding hydrogens is 160 g/mol. The Balaban J connectivity index is 3.52. The van der Waals surface area contributed by atoms with Crippen LogP contribution in [-0.4, -0.2) is 30.0 Å². The zero-order valence-electron chi connectivity index (χ0n) is 7.26. The van der Waals surface area contributed by atoms with E-state index in [9.17, 15) is 4.79 Å². The van der Waals surface area contributed by atoms with E-state index >= 15 is 0 Å². The molecule has 0 rings (SSSR count). The highest BCUT2D eigenvalue weighted by Crippen LogP contribution is 2.03. The lowest BCUT2D eigenvalue weighted by Gasteiger charge is -2.10. The minimum Gasteiger partial charge on any atom is -0.354 e. The Labute approximate surface area is 72.1 Å². The molecule has 0 saturated carbocycles. The van der Waals surface area contributed by atoms with Crippen LogP contribution in [0.25, 0.3) is 0 Å². The molecule has 2 atom stereocenters. The lowest BCUT2D eigenvalue weighted by atomic mass is 10.3. The van der Waals surface area contributed by atoms with Gasteiger partial charge in [-0.3, -0.25) is 4.79 Å². The highest BCUT2D eigenvalue weighted by atomic mass is 32.2. The van der Waals surface area contributed by atoms with E-state index in [1.165, 1.54) is 11.8 Å². The van der Waals surface area contributed by atoms with E-state index in [2.05, 4.69) is 5.32 Å². The molecule has 0 saturated heterocycles. The van der Waals surface area contributed by atoms with Gasteiger partial charge in [0.1, 0.15) is 0 Å². The number of thioether (sulfide) groups is 1. The SMILES string of the molecule is CSC(C)C(=O)NCC(C)N. The van der Waals surface area contributed by atoms with Gasteiger partial charge in [0.15, 0.2) is 0 Å². The molecule has 3 N–H and O–H groups in total. The van der Waals surface area contributed by atoms with Crippen molar-refractivity contribution in [1.82, 2.24) is 5.32 Å². The van der Waals surface area contributed by atoms with Crippen molar-refractivity contribution in [3.63, 3.8) is 0 Å². The third kappa shape index (κ3) is 5.09. The molecule has 4 heteroatoms. The molecule has 0 heterocycles. The topological polar surface area (TPSA) is 55.1 Å². The van der Waals surface area contributed by atoms with Gasteiger partial charge in [0.05, 0.1) is 5.25 Å². The minimum atomic E-state index is 0.0220. The van der Waals surface area contributed by atoms with Crippen molar-refractivity contribution in [3.8, 4) is 0 Å². The largest absolute Gasteiger partial charge is 0.354 e. The number of rotatable bonds is 4. The van der Waals surface area contributed by atoms with Gasteiger partial charge in [0.2, 0.25) is 5.91 Å². The lowest BCUT2D eigenvalue weighted by Crippen LogP contribution is -2.38. The highest BCUT2D eigenvalue weighted by molar-refractivity contribution is 7.99. The molecule has 0 aliphatic heterocycles. The van der Waals surface area contributed by atoms with Crippen LogP contribution >= 0.6 is 11.8 Å². The number of carbonyl (C=O) groups is 1. The van der Waals surface area contributed by atoms with Crippen LogP contribution in [0.2, 0.25) is 0 Å². The van der Waals surface area contributed by atoms with E-state index in [1.54, 1.807) is 0 Å². The smallest absolute Gasteiger partial charge is 0.232 e. The van der Waals surface area contributed by atoms with Crippen LogP contribution in [0.5, 0.6) is 0 Å². The van der Waals surface area contributed by atoms with Crippen LogP contribution in [0.15, 0.2) is 0 Å². The maximum absolute atomic E-state index is 11.1. The van der Waals surface area contributed by atoms with E-state index in [0.29, 0.717) is 6.54 Å². The fourth-order valence-electron chi connectivity index (χ4n) is 0.512. The Morgan fingerprint density at radius 3 is 2.55 bits per heavy atom. The Morgan fingerprint density at radius 1 is 1.64 bits per heavy atom. The fourth-order valence-corrected chi connectivity index (χ4v) is 0.810. The van der Waals surface area contributed by atoms with Gasteiger partial charge >= 0.3 is 0 Å². The molecule has 1 amide bonds. The average Bonchev–Trinajstić information content (AvgIpc) is 1.98. The summed E-state index contributed by atoms with van der Waals surface area (Å²) in [4.78, 5) is 11.1. The Hall–Kier alpha value is -0.220. The quantitative estimate of drug-likeness (QED) is 0.643. The van der Waals surface area contributed by atoms with Gasteiger partial charge in [0, 0.05) is 12.6 Å². The molecule has 66 valence electrons. The lowest BCUT2D eigenvalue weighted by molar-refractivity contribution is -0.120. The van der Waals surface area contributed by atoms with E-state index < -0.39 is 0 Å². The van der Waals surface area contributed by atoms with Crippen LogP contribution in [0.4, 0.5) is 0 Å². The summed E-state index contributed by atoms with van der Waals surface area (Å²) in [5.74, 6) is 0.0646. The molecule has 11 heavy (non-hydrogen) atoms. The molecule has 0 fully saturated rings. The van der Waals surface area contributed by atoms with E-state index in [-0.39, 0.29) is 17.2 Å². The first-order valence-corrected chi connectivity index (χ1v) is 4.92. The van der Waals surface area contributed by atoms with Crippen LogP contribution in [0, 0.1) is 0 Å². The minimum absolute atomic E-state index is 0.0220. The predicted molar refractivity (Wildman–Crippen MR) is 49.6 cm³/mol. The Morgan fingerprint density at radius 2 is 2.18 bits per heavy atom. The van der Waals surface area contributed by atoms with Gasteiger partial charge in [0.25, 0.3) is 0 Å². The summed E-state index contributed by atoms with van der Waals surface area (Å²) in [7, 11) is 0. The van der Waals surface area contributed by atoms with Gasteiger partial charge in [-0.15, -0.1) is 0 Å². The number of carbonyl (C=O) groups excluding carboxylic acids is 1. The number of nitrogens with one attached hydrogen (secondary N) is 1. The highest BCUT2D eigenvalue weighted by Gasteiger charge is 2.09. The summed E-state index contributed by atoms with van der Waals surface area (Å²) >= 11 is 1.53. The fraction of sp³-hybridized carbons (Fsp3) is 0.857. The van der Waals surface area contributed by atoms with E-state index in [0.717, 1.165) is 0 Å². The van der Waals surface area contributed by atoms with Gasteiger partial charge < -0.3 is 11.1 Å². The summed E-state index contributed by atoms with van der Waals surface area (Å²) in [6.45, 7) is 4.30. The second-order valence-corrected chi connectivity index (χ2v) is 3.78. The van der Waals surface area contributed by atoms with Gasteiger partial charge in [-0.1, -0.05) is 0 Å². The van der Waals surface area contributed by atoms with Gasteiger partial charge in [-0.05, 0) is 20.1 Å². The second kappa shape index (κ2) is 5.43. The van der Waals surface area contributed by atoms with Crippen molar-refractivity contribution in [1.29, 1.82) is 0 Å². The summed E-state index contributed by atoms with van der Waals surface area (Å²) in [5, 5.41) is 2.77. The molecule has 0 aliphatic rings. The standard InChI is InChI=1S/C7H16N2OS/c1-5(8)4-9-7(10)6(2)11-3/h5-6H,4,8H2,1-3H3,(H,9,10). The molecule has 0 aromatic heterocycles. The van der Waals surface area contributed by atoms with Crippen LogP contribution in [0.3, 0.4) is 0 Å². The predicted octanol–water partition coefficient (Wildman–Crippen LogP) is 0.201. The first-order valence-electron chi connectivity index (χ1n) is 3.64. The first-order chi connectivity index (χ1) is 5.07. The van der Waals surface area contributed by atoms with Crippen LogP contribution in [-0.2, 0) is 4.79 Å². The summed E-state index contributed by atoms with van der Waals surface area (Å²) in [6, 6.07) is 0.0352. The van der Waals surface area contributed by atoms with Crippen LogP contribution < -0.4 is 11.1 Å². The molecule has 0 aromatic carbocycles. The molecule has 0 aliphatic carbocycles. The van der Waals surface area contributed by atoms with Crippen molar-refractivity contribution in [2.24, 2.45) is 5.73 Å². The van der Waals surface area contributed by atoms with Gasteiger partial charge in [-0.25, -0.2) is 0 Å². The molecule has 3 nitrogen and oxygen atoms in total. The van der Waals surface area contributed by atoms with Crippen LogP contribution in [0.1, 0.15) is 13.8 Å². The summed E-state index contributed by atoms with van der Waals surface area (Å²) in [6.07, 6.45) is 1.91. The van der Waals surface area contributed by atoms with Crippen molar-refractivity contribution in [2.75, 3.05) is 12.8 Å². The summed E-state index contributed by atoms with van der Waals surface area (Å²) < 4.78 is 0. The molecule has 0 spiro atoms. The zero-order valence-corrected chi connectivity index (χ0v) is 8.07. The Kier molecular flexibility index (Phi) is 5.32. The normalized spacial score (nSPS) is 15.6. The number of nitrogens with two attached hydrogens (primary N) is 1. The van der Waals surface area contributed by atoms with Crippen molar-refractivity contribution >= 4 is 17.7 Å². The molecule has 0 radical (unpaired) electrons. The number of hydrogen-bond donors (Lipinski definition) is 2. The second-order valence-electron chi connectivity index (χ2n) is 2.60. The zero-order chi connectivity index (χ0) is 8.85. The maximum atomic E-state index is 11.1. The molecular formula is C7H16N2OS. The van der Waals surface area contributed by atoms with Crippen molar-refractivity contribution < 1.29 is 4.79 Å². The molecule has 0 bridgehead atoms. The van der Waals surface area contributed by atoms with E-state index in [4.69, 9.17) is 5.73 Å². The van der Waals surface area contributed by atoms with Crippen molar-refractivity contribution in [3.05, 3.63) is 0 Å². The number of hydrogen-bond acceptors (Lipinski definition) is 3. The monoisotopic (exact) mass is 176 g/mol. The van der Waals surface area contributed by atoms with Crippen molar-refractivity contribution in [2.45, 2.75) is 25.1 Å². The van der Waals surface area contributed by atoms with E-state index in [1.807, 2.05) is 20.1 Å². The third-order valence-corrected chi connectivity index (χ3v) is 2.24.